The van der Waals surface area contributed by atoms with E-state index in [-0.39, 0.29) is 23.0 Å². The number of fused-ring (bicyclic) bond motifs is 2. The Bertz CT molecular complexity index is 1230. The van der Waals surface area contributed by atoms with Gasteiger partial charge >= 0.3 is 6.18 Å². The summed E-state index contributed by atoms with van der Waals surface area (Å²) < 4.78 is 39.3. The van der Waals surface area contributed by atoms with Crippen molar-refractivity contribution in [2.24, 2.45) is 5.92 Å². The standard InChI is InChI=1S/C23H22F3N5O/c24-23(25,26)14-11-16-19(27-12-14)30-21(29-16)22(8-2-9-22)18-7-6-17-15(28-18)3-1-10-31(17)20(32)13-4-5-13/h6-7,11-13H,1-5,8-10H2,(H,27,29,30). The van der Waals surface area contributed by atoms with Gasteiger partial charge in [-0.2, -0.15) is 13.2 Å². The summed E-state index contributed by atoms with van der Waals surface area (Å²) in [6, 6.07) is 5.00. The van der Waals surface area contributed by atoms with E-state index in [4.69, 9.17) is 4.98 Å². The zero-order valence-electron chi connectivity index (χ0n) is 17.4. The monoisotopic (exact) mass is 441 g/mol. The first-order valence-electron chi connectivity index (χ1n) is 11.1. The summed E-state index contributed by atoms with van der Waals surface area (Å²) in [5.74, 6) is 0.964. The molecule has 3 aromatic rings. The number of aryl methyl sites for hydroxylation is 1. The molecule has 0 saturated heterocycles. The van der Waals surface area contributed by atoms with E-state index < -0.39 is 17.2 Å². The number of alkyl halides is 3. The molecule has 0 unspecified atom stereocenters. The second-order valence-electron chi connectivity index (χ2n) is 9.14. The average Bonchev–Trinajstić information content (AvgIpc) is 3.50. The Kier molecular flexibility index (Phi) is 4.16. The molecule has 2 saturated carbocycles. The zero-order valence-corrected chi connectivity index (χ0v) is 17.4. The van der Waals surface area contributed by atoms with Crippen molar-refractivity contribution in [3.63, 3.8) is 0 Å². The largest absolute Gasteiger partial charge is 0.417 e. The van der Waals surface area contributed by atoms with Crippen LogP contribution in [0.15, 0.2) is 24.4 Å². The average molecular weight is 441 g/mol. The SMILES string of the molecule is O=C(C1CC1)N1CCCc2nc(C3(c4nc5ncc(C(F)(F)F)cc5[nH]4)CCC3)ccc21. The van der Waals surface area contributed by atoms with Crippen molar-refractivity contribution in [2.75, 3.05) is 11.4 Å². The number of amides is 1. The fourth-order valence-corrected chi connectivity index (χ4v) is 4.92. The van der Waals surface area contributed by atoms with Gasteiger partial charge in [0, 0.05) is 18.7 Å². The van der Waals surface area contributed by atoms with Gasteiger partial charge < -0.3 is 9.88 Å². The molecule has 32 heavy (non-hydrogen) atoms. The van der Waals surface area contributed by atoms with Crippen molar-refractivity contribution >= 4 is 22.8 Å². The number of rotatable bonds is 3. The second kappa shape index (κ2) is 6.76. The highest BCUT2D eigenvalue weighted by molar-refractivity contribution is 5.97. The van der Waals surface area contributed by atoms with E-state index >= 15 is 0 Å². The van der Waals surface area contributed by atoms with Gasteiger partial charge in [0.1, 0.15) is 5.82 Å². The van der Waals surface area contributed by atoms with E-state index in [1.54, 1.807) is 0 Å². The van der Waals surface area contributed by atoms with Crippen LogP contribution in [0, 0.1) is 5.92 Å². The number of hydrogen-bond donors (Lipinski definition) is 1. The molecule has 6 rings (SSSR count). The molecule has 1 aliphatic heterocycles. The minimum absolute atomic E-state index is 0.156. The molecule has 1 N–H and O–H groups in total. The summed E-state index contributed by atoms with van der Waals surface area (Å²) in [7, 11) is 0. The molecule has 0 radical (unpaired) electrons. The van der Waals surface area contributed by atoms with Gasteiger partial charge in [0.15, 0.2) is 5.65 Å². The van der Waals surface area contributed by atoms with Gasteiger partial charge in [-0.15, -0.1) is 0 Å². The first-order valence-corrected chi connectivity index (χ1v) is 11.1. The molecule has 9 heteroatoms. The van der Waals surface area contributed by atoms with Crippen LogP contribution in [-0.2, 0) is 22.8 Å². The predicted octanol–water partition coefficient (Wildman–Crippen LogP) is 4.53. The van der Waals surface area contributed by atoms with Crippen LogP contribution in [0.1, 0.15) is 61.3 Å². The number of anilines is 1. The second-order valence-corrected chi connectivity index (χ2v) is 9.14. The third kappa shape index (κ3) is 3.01. The maximum atomic E-state index is 13.1. The molecule has 6 nitrogen and oxygen atoms in total. The summed E-state index contributed by atoms with van der Waals surface area (Å²) in [5.41, 5.74) is 1.97. The Hall–Kier alpha value is -2.97. The molecular weight excluding hydrogens is 419 g/mol. The molecule has 0 spiro atoms. The van der Waals surface area contributed by atoms with Gasteiger partial charge in [0.05, 0.1) is 33.6 Å². The number of aromatic amines is 1. The molecule has 2 fully saturated rings. The van der Waals surface area contributed by atoms with E-state index in [1.165, 1.54) is 0 Å². The number of carbonyl (C=O) groups is 1. The Morgan fingerprint density at radius 3 is 2.66 bits per heavy atom. The normalized spacial score (nSPS) is 20.2. The number of H-pyrrole nitrogens is 1. The molecule has 0 atom stereocenters. The lowest BCUT2D eigenvalue weighted by Gasteiger charge is -2.40. The van der Waals surface area contributed by atoms with Crippen LogP contribution < -0.4 is 4.90 Å². The number of halogens is 3. The minimum atomic E-state index is -4.45. The number of pyridine rings is 2. The van der Waals surface area contributed by atoms with Crippen LogP contribution >= 0.6 is 0 Å². The van der Waals surface area contributed by atoms with Gasteiger partial charge in [-0.05, 0) is 56.7 Å². The first-order chi connectivity index (χ1) is 15.3. The van der Waals surface area contributed by atoms with Crippen LogP contribution in [0.3, 0.4) is 0 Å². The van der Waals surface area contributed by atoms with Gasteiger partial charge in [-0.3, -0.25) is 9.78 Å². The van der Waals surface area contributed by atoms with Crippen LogP contribution in [-0.4, -0.2) is 32.4 Å². The smallest absolute Gasteiger partial charge is 0.340 e. The third-order valence-corrected chi connectivity index (χ3v) is 7.04. The fourth-order valence-electron chi connectivity index (χ4n) is 4.92. The highest BCUT2D eigenvalue weighted by Gasteiger charge is 2.45. The number of carbonyl (C=O) groups excluding carboxylic acids is 1. The lowest BCUT2D eigenvalue weighted by molar-refractivity contribution is -0.137. The van der Waals surface area contributed by atoms with Crippen LogP contribution in [0.4, 0.5) is 18.9 Å². The van der Waals surface area contributed by atoms with Crippen molar-refractivity contribution in [3.8, 4) is 0 Å². The summed E-state index contributed by atoms with van der Waals surface area (Å²) in [4.78, 5) is 31.1. The van der Waals surface area contributed by atoms with E-state index in [1.807, 2.05) is 17.0 Å². The number of nitrogens with zero attached hydrogens (tertiary/aromatic N) is 4. The van der Waals surface area contributed by atoms with Crippen molar-refractivity contribution in [1.82, 2.24) is 19.9 Å². The highest BCUT2D eigenvalue weighted by atomic mass is 19.4. The lowest BCUT2D eigenvalue weighted by Crippen LogP contribution is -2.40. The molecule has 2 aliphatic carbocycles. The van der Waals surface area contributed by atoms with Gasteiger partial charge in [0.2, 0.25) is 5.91 Å². The molecule has 0 bridgehead atoms. The van der Waals surface area contributed by atoms with E-state index in [2.05, 4.69) is 15.0 Å². The number of hydrogen-bond acceptors (Lipinski definition) is 4. The Morgan fingerprint density at radius 1 is 1.16 bits per heavy atom. The quantitative estimate of drug-likeness (QED) is 0.648. The first kappa shape index (κ1) is 19.7. The summed E-state index contributed by atoms with van der Waals surface area (Å²) in [5, 5.41) is 0. The van der Waals surface area contributed by atoms with Crippen LogP contribution in [0.2, 0.25) is 0 Å². The van der Waals surface area contributed by atoms with Crippen molar-refractivity contribution in [1.29, 1.82) is 0 Å². The predicted molar refractivity (Wildman–Crippen MR) is 111 cm³/mol. The third-order valence-electron chi connectivity index (χ3n) is 7.04. The van der Waals surface area contributed by atoms with Gasteiger partial charge in [-0.25, -0.2) is 9.97 Å². The Balaban J connectivity index is 1.38. The number of imidazole rings is 1. The number of nitrogens with one attached hydrogen (secondary N) is 1. The summed E-state index contributed by atoms with van der Waals surface area (Å²) in [6.45, 7) is 0.727. The summed E-state index contributed by atoms with van der Waals surface area (Å²) in [6.07, 6.45) is 2.61. The van der Waals surface area contributed by atoms with Gasteiger partial charge in [0.25, 0.3) is 0 Å². The molecule has 0 aromatic carbocycles. The highest BCUT2D eigenvalue weighted by Crippen LogP contribution is 2.48. The van der Waals surface area contributed by atoms with Crippen LogP contribution in [0.25, 0.3) is 11.2 Å². The van der Waals surface area contributed by atoms with Crippen LogP contribution in [0.5, 0.6) is 0 Å². The molecular formula is C23H22F3N5O. The van der Waals surface area contributed by atoms with E-state index in [0.29, 0.717) is 5.82 Å². The Labute approximate surface area is 182 Å². The molecule has 3 aromatic heterocycles. The van der Waals surface area contributed by atoms with Gasteiger partial charge in [-0.1, -0.05) is 6.42 Å². The topological polar surface area (TPSA) is 74.8 Å². The van der Waals surface area contributed by atoms with E-state index in [0.717, 1.165) is 80.8 Å². The van der Waals surface area contributed by atoms with Crippen molar-refractivity contribution in [3.05, 3.63) is 47.2 Å². The molecule has 166 valence electrons. The maximum Gasteiger partial charge on any atom is 0.417 e. The Morgan fingerprint density at radius 2 is 1.97 bits per heavy atom. The van der Waals surface area contributed by atoms with Crippen molar-refractivity contribution < 1.29 is 18.0 Å². The maximum absolute atomic E-state index is 13.1. The molecule has 3 aliphatic rings. The van der Waals surface area contributed by atoms with Crippen molar-refractivity contribution in [2.45, 2.75) is 56.5 Å². The number of aromatic nitrogens is 4. The molecule has 1 amide bonds. The minimum Gasteiger partial charge on any atom is -0.340 e. The lowest BCUT2D eigenvalue weighted by atomic mass is 9.65. The zero-order chi connectivity index (χ0) is 22.1. The van der Waals surface area contributed by atoms with E-state index in [9.17, 15) is 18.0 Å². The molecule has 4 heterocycles. The fraction of sp³-hybridized carbons (Fsp3) is 0.478. The summed E-state index contributed by atoms with van der Waals surface area (Å²) >= 11 is 0.